The Balaban J connectivity index is 1.63. The fraction of sp³-hybridized carbons (Fsp3) is 0.706. The summed E-state index contributed by atoms with van der Waals surface area (Å²) < 4.78 is 0. The third kappa shape index (κ3) is 3.14. The molecule has 20 heavy (non-hydrogen) atoms. The van der Waals surface area contributed by atoms with Gasteiger partial charge in [-0.15, -0.1) is 0 Å². The van der Waals surface area contributed by atoms with Crippen molar-refractivity contribution in [3.63, 3.8) is 0 Å². The van der Waals surface area contributed by atoms with E-state index in [9.17, 15) is 0 Å². The van der Waals surface area contributed by atoms with Crippen molar-refractivity contribution in [3.8, 4) is 0 Å². The molecule has 0 amide bonds. The Labute approximate surface area is 122 Å². The number of anilines is 1. The standard InChI is InChI=1S/C17H27N3/c1-2-11-20-12-5-8-16(20)14-9-10-17(18-13-14)19-15-6-3-4-7-15/h9-10,13,15-16H,2-8,11-12H2,1H3,(H,18,19). The molecule has 2 heterocycles. The van der Waals surface area contributed by atoms with Crippen LogP contribution in [0.15, 0.2) is 18.3 Å². The third-order valence-corrected chi connectivity index (χ3v) is 4.75. The average molecular weight is 273 g/mol. The number of hydrogen-bond acceptors (Lipinski definition) is 3. The maximum absolute atomic E-state index is 4.64. The highest BCUT2D eigenvalue weighted by Crippen LogP contribution is 2.32. The van der Waals surface area contributed by atoms with Crippen LogP contribution in [0.2, 0.25) is 0 Å². The van der Waals surface area contributed by atoms with E-state index in [2.05, 4.69) is 40.5 Å². The normalized spacial score (nSPS) is 24.4. The van der Waals surface area contributed by atoms with Crippen molar-refractivity contribution < 1.29 is 0 Å². The molecule has 3 nitrogen and oxygen atoms in total. The van der Waals surface area contributed by atoms with Gasteiger partial charge in [-0.1, -0.05) is 25.8 Å². The highest BCUT2D eigenvalue weighted by molar-refractivity contribution is 5.37. The summed E-state index contributed by atoms with van der Waals surface area (Å²) in [7, 11) is 0. The van der Waals surface area contributed by atoms with Gasteiger partial charge in [-0.25, -0.2) is 4.98 Å². The maximum atomic E-state index is 4.64. The molecule has 1 saturated heterocycles. The first-order valence-electron chi connectivity index (χ1n) is 8.33. The summed E-state index contributed by atoms with van der Waals surface area (Å²) in [6.45, 7) is 4.73. The number of aromatic nitrogens is 1. The second-order valence-corrected chi connectivity index (χ2v) is 6.30. The summed E-state index contributed by atoms with van der Waals surface area (Å²) in [5.74, 6) is 1.06. The predicted molar refractivity (Wildman–Crippen MR) is 84.0 cm³/mol. The average Bonchev–Trinajstić information content (AvgIpc) is 3.12. The molecule has 1 atom stereocenters. The molecule has 0 bridgehead atoms. The van der Waals surface area contributed by atoms with Crippen molar-refractivity contribution in [2.45, 2.75) is 64.0 Å². The second kappa shape index (κ2) is 6.57. The number of nitrogens with one attached hydrogen (secondary N) is 1. The Morgan fingerprint density at radius 3 is 2.75 bits per heavy atom. The molecule has 1 aromatic heterocycles. The van der Waals surface area contributed by atoms with E-state index in [1.54, 1.807) is 0 Å². The van der Waals surface area contributed by atoms with E-state index in [0.717, 1.165) is 5.82 Å². The van der Waals surface area contributed by atoms with Crippen LogP contribution in [-0.4, -0.2) is 29.0 Å². The number of pyridine rings is 1. The van der Waals surface area contributed by atoms with Crippen molar-refractivity contribution in [2.24, 2.45) is 0 Å². The molecule has 110 valence electrons. The predicted octanol–water partition coefficient (Wildman–Crippen LogP) is 3.98. The number of likely N-dealkylation sites (tertiary alicyclic amines) is 1. The van der Waals surface area contributed by atoms with Gasteiger partial charge in [0.1, 0.15) is 5.82 Å². The lowest BCUT2D eigenvalue weighted by molar-refractivity contribution is 0.257. The van der Waals surface area contributed by atoms with Crippen molar-refractivity contribution in [3.05, 3.63) is 23.9 Å². The first-order chi connectivity index (χ1) is 9.86. The molecule has 0 radical (unpaired) electrons. The zero-order valence-electron chi connectivity index (χ0n) is 12.6. The van der Waals surface area contributed by atoms with E-state index in [-0.39, 0.29) is 0 Å². The zero-order chi connectivity index (χ0) is 13.8. The molecule has 1 aliphatic carbocycles. The van der Waals surface area contributed by atoms with Gasteiger partial charge in [0.2, 0.25) is 0 Å². The van der Waals surface area contributed by atoms with Crippen LogP contribution in [0.25, 0.3) is 0 Å². The van der Waals surface area contributed by atoms with E-state index < -0.39 is 0 Å². The van der Waals surface area contributed by atoms with Gasteiger partial charge in [0.15, 0.2) is 0 Å². The lowest BCUT2D eigenvalue weighted by Gasteiger charge is -2.24. The molecule has 1 aliphatic heterocycles. The van der Waals surface area contributed by atoms with Gasteiger partial charge in [0.25, 0.3) is 0 Å². The molecule has 1 unspecified atom stereocenters. The Kier molecular flexibility index (Phi) is 4.56. The quantitative estimate of drug-likeness (QED) is 0.879. The highest BCUT2D eigenvalue weighted by Gasteiger charge is 2.25. The monoisotopic (exact) mass is 273 g/mol. The summed E-state index contributed by atoms with van der Waals surface area (Å²) in [6, 6.07) is 5.71. The van der Waals surface area contributed by atoms with Gasteiger partial charge < -0.3 is 5.32 Å². The molecule has 1 saturated carbocycles. The second-order valence-electron chi connectivity index (χ2n) is 6.30. The SMILES string of the molecule is CCCN1CCCC1c1ccc(NC2CCCC2)nc1. The van der Waals surface area contributed by atoms with Crippen LogP contribution in [0.4, 0.5) is 5.82 Å². The maximum Gasteiger partial charge on any atom is 0.126 e. The Bertz CT molecular complexity index is 409. The Morgan fingerprint density at radius 1 is 1.20 bits per heavy atom. The summed E-state index contributed by atoms with van der Waals surface area (Å²) in [5.41, 5.74) is 1.40. The summed E-state index contributed by atoms with van der Waals surface area (Å²) in [6.07, 6.45) is 11.3. The molecule has 2 fully saturated rings. The van der Waals surface area contributed by atoms with Gasteiger partial charge in [0, 0.05) is 18.3 Å². The summed E-state index contributed by atoms with van der Waals surface area (Å²) >= 11 is 0. The number of hydrogen-bond donors (Lipinski definition) is 1. The van der Waals surface area contributed by atoms with Crippen molar-refractivity contribution in [2.75, 3.05) is 18.4 Å². The Hall–Kier alpha value is -1.09. The van der Waals surface area contributed by atoms with E-state index in [0.29, 0.717) is 12.1 Å². The highest BCUT2D eigenvalue weighted by atomic mass is 15.2. The molecular weight excluding hydrogens is 246 g/mol. The number of nitrogens with zero attached hydrogens (tertiary/aromatic N) is 2. The van der Waals surface area contributed by atoms with Crippen LogP contribution in [0.1, 0.15) is 63.5 Å². The van der Waals surface area contributed by atoms with Crippen LogP contribution < -0.4 is 5.32 Å². The molecule has 3 heteroatoms. The molecular formula is C17H27N3. The van der Waals surface area contributed by atoms with Crippen LogP contribution in [0, 0.1) is 0 Å². The smallest absolute Gasteiger partial charge is 0.126 e. The topological polar surface area (TPSA) is 28.2 Å². The minimum atomic E-state index is 0.600. The van der Waals surface area contributed by atoms with Crippen molar-refractivity contribution in [1.82, 2.24) is 9.88 Å². The first-order valence-corrected chi connectivity index (χ1v) is 8.33. The van der Waals surface area contributed by atoms with E-state index >= 15 is 0 Å². The fourth-order valence-corrected chi connectivity index (χ4v) is 3.73. The third-order valence-electron chi connectivity index (χ3n) is 4.75. The minimum Gasteiger partial charge on any atom is -0.367 e. The van der Waals surface area contributed by atoms with Crippen LogP contribution in [0.3, 0.4) is 0 Å². The summed E-state index contributed by atoms with van der Waals surface area (Å²) in [4.78, 5) is 7.26. The van der Waals surface area contributed by atoms with Crippen LogP contribution in [0.5, 0.6) is 0 Å². The van der Waals surface area contributed by atoms with Crippen molar-refractivity contribution in [1.29, 1.82) is 0 Å². The van der Waals surface area contributed by atoms with Gasteiger partial charge in [-0.2, -0.15) is 0 Å². The number of rotatable bonds is 5. The molecule has 1 aromatic rings. The molecule has 2 aliphatic rings. The molecule has 0 aromatic carbocycles. The summed E-state index contributed by atoms with van der Waals surface area (Å²) in [5, 5.41) is 3.57. The lowest BCUT2D eigenvalue weighted by atomic mass is 10.1. The van der Waals surface area contributed by atoms with Crippen molar-refractivity contribution >= 4 is 5.82 Å². The molecule has 3 rings (SSSR count). The molecule has 0 spiro atoms. The van der Waals surface area contributed by atoms with Gasteiger partial charge in [-0.3, -0.25) is 4.90 Å². The van der Waals surface area contributed by atoms with Crippen LogP contribution in [-0.2, 0) is 0 Å². The van der Waals surface area contributed by atoms with E-state index in [1.165, 1.54) is 63.6 Å². The van der Waals surface area contributed by atoms with E-state index in [1.807, 2.05) is 0 Å². The van der Waals surface area contributed by atoms with Gasteiger partial charge in [0.05, 0.1) is 0 Å². The van der Waals surface area contributed by atoms with E-state index in [4.69, 9.17) is 0 Å². The fourth-order valence-electron chi connectivity index (χ4n) is 3.73. The van der Waals surface area contributed by atoms with Crippen LogP contribution >= 0.6 is 0 Å². The van der Waals surface area contributed by atoms with Gasteiger partial charge in [-0.05, 0) is 56.8 Å². The minimum absolute atomic E-state index is 0.600. The lowest BCUT2D eigenvalue weighted by Crippen LogP contribution is -2.24. The molecule has 1 N–H and O–H groups in total. The zero-order valence-corrected chi connectivity index (χ0v) is 12.6. The Morgan fingerprint density at radius 2 is 2.05 bits per heavy atom. The first kappa shape index (κ1) is 13.9. The van der Waals surface area contributed by atoms with Gasteiger partial charge >= 0.3 is 0 Å². The largest absolute Gasteiger partial charge is 0.367 e.